The predicted octanol–water partition coefficient (Wildman–Crippen LogP) is 1.18. The third kappa shape index (κ3) is 6.49. The lowest BCUT2D eigenvalue weighted by Gasteiger charge is -2.47. The Morgan fingerprint density at radius 2 is 1.87 bits per heavy atom. The number of Topliss-reactive ketones (excluding diaryl/α,β-unsaturated/α-hetero) is 1. The Bertz CT molecular complexity index is 602. The molecule has 2 aliphatic rings. The zero-order valence-electron chi connectivity index (χ0n) is 19.3. The highest BCUT2D eigenvalue weighted by Crippen LogP contribution is 2.30. The van der Waals surface area contributed by atoms with Gasteiger partial charge in [0.1, 0.15) is 18.3 Å². The molecule has 2 atom stereocenters. The molecule has 0 aromatic heterocycles. The van der Waals surface area contributed by atoms with Crippen LogP contribution < -0.4 is 0 Å². The summed E-state index contributed by atoms with van der Waals surface area (Å²) in [6, 6.07) is 0. The minimum atomic E-state index is -0.757. The molecule has 2 heterocycles. The van der Waals surface area contributed by atoms with Crippen molar-refractivity contribution in [3.8, 4) is 0 Å². The molecule has 8 heteroatoms. The van der Waals surface area contributed by atoms with Crippen LogP contribution in [0.15, 0.2) is 0 Å². The monoisotopic (exact) mass is 425 g/mol. The molecule has 30 heavy (non-hydrogen) atoms. The van der Waals surface area contributed by atoms with E-state index in [9.17, 15) is 14.4 Å². The van der Waals surface area contributed by atoms with Gasteiger partial charge in [-0.25, -0.2) is 0 Å². The van der Waals surface area contributed by atoms with Crippen LogP contribution in [0.4, 0.5) is 0 Å². The predicted molar refractivity (Wildman–Crippen MR) is 114 cm³/mol. The van der Waals surface area contributed by atoms with E-state index in [4.69, 9.17) is 9.47 Å². The fraction of sp³-hybridized carbons (Fsp3) is 0.864. The lowest BCUT2D eigenvalue weighted by molar-refractivity contribution is -0.157. The number of hydrogen-bond acceptors (Lipinski definition) is 7. The quantitative estimate of drug-likeness (QED) is 0.496. The molecule has 2 fully saturated rings. The second-order valence-corrected chi connectivity index (χ2v) is 9.10. The van der Waals surface area contributed by atoms with Crippen LogP contribution in [0.2, 0.25) is 0 Å². The maximum Gasteiger partial charge on any atom is 0.316 e. The summed E-state index contributed by atoms with van der Waals surface area (Å²) in [5.74, 6) is -1.17. The number of piperidine rings is 1. The summed E-state index contributed by atoms with van der Waals surface area (Å²) in [4.78, 5) is 43.5. The molecule has 1 spiro atoms. The van der Waals surface area contributed by atoms with Gasteiger partial charge in [-0.05, 0) is 66.7 Å². The first-order valence-corrected chi connectivity index (χ1v) is 11.0. The van der Waals surface area contributed by atoms with E-state index >= 15 is 0 Å². The van der Waals surface area contributed by atoms with Crippen molar-refractivity contribution in [1.29, 1.82) is 0 Å². The Morgan fingerprint density at radius 3 is 2.47 bits per heavy atom. The summed E-state index contributed by atoms with van der Waals surface area (Å²) in [5.41, 5.74) is -0.316. The van der Waals surface area contributed by atoms with Crippen molar-refractivity contribution < 1.29 is 23.9 Å². The van der Waals surface area contributed by atoms with E-state index in [1.54, 1.807) is 14.0 Å². The number of ether oxygens (including phenoxy) is 2. The maximum absolute atomic E-state index is 12.5. The Balaban J connectivity index is 2.12. The van der Waals surface area contributed by atoms with Crippen molar-refractivity contribution in [3.63, 3.8) is 0 Å². The number of carbonyl (C=O) groups is 3. The third-order valence-electron chi connectivity index (χ3n) is 6.69. The minimum Gasteiger partial charge on any atom is -0.463 e. The first kappa shape index (κ1) is 24.8. The SMILES string of the molecule is COC1CCCN(C)C2(CCN(C(=O)CN(C)C)CC2)COC(=O)C(C)C(=O)CC1. The standard InChI is InChI=1S/C22H39N3O5/c1-17-19(26)9-8-18(29-5)7-6-12-24(4)22(16-30-21(17)28)10-13-25(14-11-22)20(27)15-23(2)3/h17-18H,6-16H2,1-5H3. The van der Waals surface area contributed by atoms with Gasteiger partial charge in [0.15, 0.2) is 0 Å². The fourth-order valence-electron chi connectivity index (χ4n) is 4.33. The molecule has 172 valence electrons. The van der Waals surface area contributed by atoms with Crippen molar-refractivity contribution >= 4 is 17.7 Å². The molecule has 0 aromatic carbocycles. The Labute approximate surface area is 180 Å². The minimum absolute atomic E-state index is 0.0211. The Hall–Kier alpha value is -1.51. The third-order valence-corrected chi connectivity index (χ3v) is 6.69. The average molecular weight is 426 g/mol. The van der Waals surface area contributed by atoms with E-state index in [0.717, 1.165) is 32.2 Å². The second-order valence-electron chi connectivity index (χ2n) is 9.10. The highest BCUT2D eigenvalue weighted by molar-refractivity contribution is 5.98. The van der Waals surface area contributed by atoms with E-state index in [-0.39, 0.29) is 29.9 Å². The largest absolute Gasteiger partial charge is 0.463 e. The van der Waals surface area contributed by atoms with Crippen molar-refractivity contribution in [2.45, 2.75) is 57.1 Å². The molecule has 0 aliphatic carbocycles. The van der Waals surface area contributed by atoms with Crippen LogP contribution in [0.1, 0.15) is 45.4 Å². The highest BCUT2D eigenvalue weighted by atomic mass is 16.5. The van der Waals surface area contributed by atoms with Gasteiger partial charge in [0.05, 0.1) is 18.2 Å². The summed E-state index contributed by atoms with van der Waals surface area (Å²) in [6.07, 6.45) is 4.28. The van der Waals surface area contributed by atoms with Crippen LogP contribution in [-0.4, -0.2) is 105 Å². The topological polar surface area (TPSA) is 79.4 Å². The number of cyclic esters (lactones) is 1. The van der Waals surface area contributed by atoms with Crippen LogP contribution in [0.5, 0.6) is 0 Å². The summed E-state index contributed by atoms with van der Waals surface area (Å²) >= 11 is 0. The lowest BCUT2D eigenvalue weighted by atomic mass is 9.86. The van der Waals surface area contributed by atoms with Gasteiger partial charge in [-0.3, -0.25) is 19.3 Å². The molecule has 2 saturated heterocycles. The maximum atomic E-state index is 12.5. The molecule has 0 saturated carbocycles. The van der Waals surface area contributed by atoms with E-state index in [2.05, 4.69) is 11.9 Å². The van der Waals surface area contributed by atoms with Crippen LogP contribution >= 0.6 is 0 Å². The molecule has 0 bridgehead atoms. The Morgan fingerprint density at radius 1 is 1.20 bits per heavy atom. The Kier molecular flexibility index (Phi) is 9.25. The molecule has 8 nitrogen and oxygen atoms in total. The molecule has 2 aliphatic heterocycles. The van der Waals surface area contributed by atoms with Crippen LogP contribution in [0.25, 0.3) is 0 Å². The van der Waals surface area contributed by atoms with E-state index in [1.165, 1.54) is 0 Å². The zero-order valence-corrected chi connectivity index (χ0v) is 19.3. The molecule has 0 aromatic rings. The number of carbonyl (C=O) groups excluding carboxylic acids is 3. The highest BCUT2D eigenvalue weighted by Gasteiger charge is 2.41. The van der Waals surface area contributed by atoms with Gasteiger partial charge in [-0.15, -0.1) is 0 Å². The second kappa shape index (κ2) is 11.2. The summed E-state index contributed by atoms with van der Waals surface area (Å²) in [5, 5.41) is 0. The first-order chi connectivity index (χ1) is 14.2. The van der Waals surface area contributed by atoms with Gasteiger partial charge in [0.2, 0.25) is 5.91 Å². The number of likely N-dealkylation sites (N-methyl/N-ethyl adjacent to an activating group) is 2. The zero-order chi connectivity index (χ0) is 22.3. The number of ketones is 1. The molecule has 0 radical (unpaired) electrons. The molecular formula is C22H39N3O5. The molecule has 2 rings (SSSR count). The van der Waals surface area contributed by atoms with Crippen molar-refractivity contribution in [1.82, 2.24) is 14.7 Å². The van der Waals surface area contributed by atoms with Gasteiger partial charge in [0, 0.05) is 26.6 Å². The van der Waals surface area contributed by atoms with Crippen LogP contribution in [0.3, 0.4) is 0 Å². The first-order valence-electron chi connectivity index (χ1n) is 11.0. The fourth-order valence-corrected chi connectivity index (χ4v) is 4.33. The van der Waals surface area contributed by atoms with E-state index in [0.29, 0.717) is 32.5 Å². The molecular weight excluding hydrogens is 386 g/mol. The summed E-state index contributed by atoms with van der Waals surface area (Å²) in [6.45, 7) is 4.42. The van der Waals surface area contributed by atoms with Gasteiger partial charge < -0.3 is 19.3 Å². The number of methoxy groups -OCH3 is 1. The summed E-state index contributed by atoms with van der Waals surface area (Å²) < 4.78 is 11.2. The number of likely N-dealkylation sites (tertiary alicyclic amines) is 1. The van der Waals surface area contributed by atoms with E-state index in [1.807, 2.05) is 23.9 Å². The smallest absolute Gasteiger partial charge is 0.316 e. The number of amides is 1. The van der Waals surface area contributed by atoms with Crippen LogP contribution in [0, 0.1) is 5.92 Å². The van der Waals surface area contributed by atoms with Crippen LogP contribution in [-0.2, 0) is 23.9 Å². The van der Waals surface area contributed by atoms with Gasteiger partial charge >= 0.3 is 5.97 Å². The van der Waals surface area contributed by atoms with Gasteiger partial charge in [-0.1, -0.05) is 0 Å². The number of nitrogens with zero attached hydrogens (tertiary/aromatic N) is 3. The van der Waals surface area contributed by atoms with E-state index < -0.39 is 11.9 Å². The van der Waals surface area contributed by atoms with Crippen molar-refractivity contribution in [2.75, 3.05) is 61.0 Å². The number of rotatable bonds is 3. The van der Waals surface area contributed by atoms with Crippen molar-refractivity contribution in [2.24, 2.45) is 5.92 Å². The number of hydrogen-bond donors (Lipinski definition) is 0. The lowest BCUT2D eigenvalue weighted by Crippen LogP contribution is -2.58. The number of esters is 1. The normalized spacial score (nSPS) is 27.3. The van der Waals surface area contributed by atoms with Crippen molar-refractivity contribution in [3.05, 3.63) is 0 Å². The summed E-state index contributed by atoms with van der Waals surface area (Å²) in [7, 11) is 7.53. The molecule has 0 N–H and O–H groups in total. The van der Waals surface area contributed by atoms with Gasteiger partial charge in [-0.2, -0.15) is 0 Å². The average Bonchev–Trinajstić information content (AvgIpc) is 2.73. The van der Waals surface area contributed by atoms with Gasteiger partial charge in [0.25, 0.3) is 0 Å². The molecule has 2 unspecified atom stereocenters. The molecule has 1 amide bonds.